The van der Waals surface area contributed by atoms with Gasteiger partial charge < -0.3 is 5.32 Å². The number of benzene rings is 3. The highest BCUT2D eigenvalue weighted by Crippen LogP contribution is 2.29. The van der Waals surface area contributed by atoms with Crippen molar-refractivity contribution in [1.29, 1.82) is 0 Å². The predicted molar refractivity (Wildman–Crippen MR) is 111 cm³/mol. The van der Waals surface area contributed by atoms with Gasteiger partial charge in [0.1, 0.15) is 0 Å². The zero-order valence-corrected chi connectivity index (χ0v) is 15.7. The number of allylic oxidation sites excluding steroid dienone is 1. The van der Waals surface area contributed by atoms with Crippen LogP contribution in [0.4, 0.5) is 5.69 Å². The summed E-state index contributed by atoms with van der Waals surface area (Å²) in [6.45, 7) is 10.1. The molecule has 1 amide bonds. The van der Waals surface area contributed by atoms with Crippen molar-refractivity contribution in [2.45, 2.75) is 27.2 Å². The van der Waals surface area contributed by atoms with E-state index in [4.69, 9.17) is 0 Å². The van der Waals surface area contributed by atoms with Gasteiger partial charge in [-0.3, -0.25) is 4.79 Å². The van der Waals surface area contributed by atoms with Crippen LogP contribution in [0, 0.1) is 5.41 Å². The number of amides is 1. The van der Waals surface area contributed by atoms with Gasteiger partial charge in [0.25, 0.3) is 0 Å². The highest BCUT2D eigenvalue weighted by molar-refractivity contribution is 5.96. The molecule has 0 saturated heterocycles. The Bertz CT molecular complexity index is 958. The molecular formula is C24H25NO. The van der Waals surface area contributed by atoms with Gasteiger partial charge in [-0.15, -0.1) is 0 Å². The summed E-state index contributed by atoms with van der Waals surface area (Å²) >= 11 is 0. The van der Waals surface area contributed by atoms with Crippen LogP contribution in [0.5, 0.6) is 0 Å². The Labute approximate surface area is 155 Å². The molecule has 3 rings (SSSR count). The van der Waals surface area contributed by atoms with Crippen molar-refractivity contribution in [2.24, 2.45) is 5.41 Å². The van der Waals surface area contributed by atoms with Gasteiger partial charge in [-0.1, -0.05) is 88.0 Å². The fraction of sp³-hybridized carbons (Fsp3) is 0.208. The summed E-state index contributed by atoms with van der Waals surface area (Å²) in [4.78, 5) is 12.4. The molecule has 0 aliphatic carbocycles. The standard InChI is InChI=1S/C24H25NO/c1-17(20-14-9-12-18-10-5-7-13-21(18)20)16-19-11-6-8-15-22(19)25-23(26)24(2,3)4/h5-15H,1,16H2,2-4H3,(H,25,26). The van der Waals surface area contributed by atoms with E-state index in [0.717, 1.165) is 22.4 Å². The number of anilines is 1. The van der Waals surface area contributed by atoms with Crippen molar-refractivity contribution in [3.8, 4) is 0 Å². The van der Waals surface area contributed by atoms with E-state index < -0.39 is 5.41 Å². The van der Waals surface area contributed by atoms with Crippen LogP contribution in [0.2, 0.25) is 0 Å². The lowest BCUT2D eigenvalue weighted by Gasteiger charge is -2.20. The van der Waals surface area contributed by atoms with Crippen LogP contribution in [0.1, 0.15) is 31.9 Å². The molecule has 3 aromatic carbocycles. The second-order valence-corrected chi connectivity index (χ2v) is 7.67. The fourth-order valence-corrected chi connectivity index (χ4v) is 2.97. The normalized spacial score (nSPS) is 11.3. The van der Waals surface area contributed by atoms with Crippen LogP contribution in [0.15, 0.2) is 73.3 Å². The minimum Gasteiger partial charge on any atom is -0.325 e. The number of nitrogens with one attached hydrogen (secondary N) is 1. The van der Waals surface area contributed by atoms with Crippen LogP contribution in [-0.4, -0.2) is 5.91 Å². The van der Waals surface area contributed by atoms with E-state index in [0.29, 0.717) is 6.42 Å². The van der Waals surface area contributed by atoms with E-state index in [1.165, 1.54) is 10.8 Å². The van der Waals surface area contributed by atoms with Crippen molar-refractivity contribution in [2.75, 3.05) is 5.32 Å². The van der Waals surface area contributed by atoms with Crippen molar-refractivity contribution < 1.29 is 4.79 Å². The van der Waals surface area contributed by atoms with Gasteiger partial charge in [-0.25, -0.2) is 0 Å². The molecule has 0 radical (unpaired) electrons. The molecule has 3 aromatic rings. The molecule has 26 heavy (non-hydrogen) atoms. The van der Waals surface area contributed by atoms with Crippen LogP contribution < -0.4 is 5.32 Å². The van der Waals surface area contributed by atoms with Crippen molar-refractivity contribution in [1.82, 2.24) is 0 Å². The van der Waals surface area contributed by atoms with Crippen LogP contribution in [0.3, 0.4) is 0 Å². The van der Waals surface area contributed by atoms with E-state index in [9.17, 15) is 4.79 Å². The first-order chi connectivity index (χ1) is 12.4. The summed E-state index contributed by atoms with van der Waals surface area (Å²) < 4.78 is 0. The largest absolute Gasteiger partial charge is 0.325 e. The molecule has 0 atom stereocenters. The second-order valence-electron chi connectivity index (χ2n) is 7.67. The average molecular weight is 343 g/mol. The minimum atomic E-state index is -0.431. The van der Waals surface area contributed by atoms with Crippen LogP contribution >= 0.6 is 0 Å². The molecule has 132 valence electrons. The first-order valence-corrected chi connectivity index (χ1v) is 8.91. The molecule has 0 saturated carbocycles. The van der Waals surface area contributed by atoms with E-state index >= 15 is 0 Å². The van der Waals surface area contributed by atoms with Gasteiger partial charge in [0.2, 0.25) is 5.91 Å². The minimum absolute atomic E-state index is 0.0146. The maximum atomic E-state index is 12.4. The highest BCUT2D eigenvalue weighted by Gasteiger charge is 2.22. The number of rotatable bonds is 4. The molecule has 2 heteroatoms. The molecule has 2 nitrogen and oxygen atoms in total. The molecule has 0 bridgehead atoms. The van der Waals surface area contributed by atoms with E-state index in [2.05, 4.69) is 54.4 Å². The average Bonchev–Trinajstić information content (AvgIpc) is 2.62. The third kappa shape index (κ3) is 3.85. The zero-order valence-electron chi connectivity index (χ0n) is 15.7. The van der Waals surface area contributed by atoms with Crippen molar-refractivity contribution in [3.05, 3.63) is 84.4 Å². The van der Waals surface area contributed by atoms with Crippen LogP contribution in [0.25, 0.3) is 16.3 Å². The van der Waals surface area contributed by atoms with E-state index in [1.54, 1.807) is 0 Å². The quantitative estimate of drug-likeness (QED) is 0.611. The highest BCUT2D eigenvalue weighted by atomic mass is 16.2. The lowest BCUT2D eigenvalue weighted by atomic mass is 9.93. The number of hydrogen-bond acceptors (Lipinski definition) is 1. The van der Waals surface area contributed by atoms with E-state index in [1.807, 2.05) is 45.0 Å². The Morgan fingerprint density at radius 1 is 0.923 bits per heavy atom. The summed E-state index contributed by atoms with van der Waals surface area (Å²) in [7, 11) is 0. The van der Waals surface area contributed by atoms with E-state index in [-0.39, 0.29) is 5.91 Å². The monoisotopic (exact) mass is 343 g/mol. The predicted octanol–water partition coefficient (Wildman–Crippen LogP) is 6.08. The molecule has 0 aliphatic heterocycles. The van der Waals surface area contributed by atoms with Gasteiger partial charge in [0.05, 0.1) is 0 Å². The number of carbonyl (C=O) groups is 1. The van der Waals surface area contributed by atoms with Gasteiger partial charge in [-0.05, 0) is 40.0 Å². The Balaban J connectivity index is 1.89. The lowest BCUT2D eigenvalue weighted by molar-refractivity contribution is -0.123. The molecule has 0 fully saturated rings. The van der Waals surface area contributed by atoms with Gasteiger partial charge in [-0.2, -0.15) is 0 Å². The summed E-state index contributed by atoms with van der Waals surface area (Å²) in [5.74, 6) is 0.0146. The molecular weight excluding hydrogens is 318 g/mol. The molecule has 0 heterocycles. The summed E-state index contributed by atoms with van der Waals surface area (Å²) in [5, 5.41) is 5.48. The Kier molecular flexibility index (Phi) is 4.94. The molecule has 1 N–H and O–H groups in total. The van der Waals surface area contributed by atoms with Gasteiger partial charge in [0.15, 0.2) is 0 Å². The zero-order chi connectivity index (χ0) is 18.7. The first-order valence-electron chi connectivity index (χ1n) is 8.91. The topological polar surface area (TPSA) is 29.1 Å². The maximum absolute atomic E-state index is 12.4. The summed E-state index contributed by atoms with van der Waals surface area (Å²) in [6, 6.07) is 22.6. The SMILES string of the molecule is C=C(Cc1ccccc1NC(=O)C(C)(C)C)c1cccc2ccccc12. The van der Waals surface area contributed by atoms with Crippen molar-refractivity contribution in [3.63, 3.8) is 0 Å². The molecule has 0 spiro atoms. The van der Waals surface area contributed by atoms with Crippen molar-refractivity contribution >= 4 is 27.9 Å². The van der Waals surface area contributed by atoms with Gasteiger partial charge in [0, 0.05) is 11.1 Å². The molecule has 0 aliphatic rings. The number of hydrogen-bond donors (Lipinski definition) is 1. The third-order valence-electron chi connectivity index (χ3n) is 4.52. The van der Waals surface area contributed by atoms with Crippen LogP contribution in [-0.2, 0) is 11.2 Å². The Hall–Kier alpha value is -2.87. The Morgan fingerprint density at radius 3 is 2.35 bits per heavy atom. The van der Waals surface area contributed by atoms with Gasteiger partial charge >= 0.3 is 0 Å². The second kappa shape index (κ2) is 7.17. The smallest absolute Gasteiger partial charge is 0.229 e. The molecule has 0 unspecified atom stereocenters. The lowest BCUT2D eigenvalue weighted by Crippen LogP contribution is -2.28. The summed E-state index contributed by atoms with van der Waals surface area (Å²) in [6.07, 6.45) is 0.689. The first kappa shape index (κ1) is 17.9. The fourth-order valence-electron chi connectivity index (χ4n) is 2.97. The third-order valence-corrected chi connectivity index (χ3v) is 4.52. The maximum Gasteiger partial charge on any atom is 0.229 e. The number of fused-ring (bicyclic) bond motifs is 1. The number of para-hydroxylation sites is 1. The Morgan fingerprint density at radius 2 is 1.58 bits per heavy atom. The number of carbonyl (C=O) groups excluding carboxylic acids is 1. The summed E-state index contributed by atoms with van der Waals surface area (Å²) in [5.41, 5.74) is 3.69. The molecule has 0 aromatic heterocycles.